The topological polar surface area (TPSA) is 86.0 Å². The van der Waals surface area contributed by atoms with Crippen molar-refractivity contribution in [3.05, 3.63) is 42.0 Å². The zero-order chi connectivity index (χ0) is 13.5. The van der Waals surface area contributed by atoms with Gasteiger partial charge in [0.25, 0.3) is 0 Å². The Hall–Kier alpha value is -2.21. The van der Waals surface area contributed by atoms with Crippen molar-refractivity contribution < 1.29 is 4.74 Å². The molecule has 19 heavy (non-hydrogen) atoms. The van der Waals surface area contributed by atoms with Gasteiger partial charge in [0.15, 0.2) is 5.82 Å². The summed E-state index contributed by atoms with van der Waals surface area (Å²) in [6.45, 7) is 3.57. The molecule has 0 bridgehead atoms. The second-order valence-corrected chi connectivity index (χ2v) is 3.94. The Morgan fingerprint density at radius 1 is 1.26 bits per heavy atom. The molecule has 2 heterocycles. The number of hydrogen-bond donors (Lipinski definition) is 2. The Bertz CT molecular complexity index is 518. The molecular weight excluding hydrogens is 242 g/mol. The number of nitrogens with one attached hydrogen (secondary N) is 1. The largest absolute Gasteiger partial charge is 0.384 e. The average Bonchev–Trinajstić information content (AvgIpc) is 2.43. The van der Waals surface area contributed by atoms with Gasteiger partial charge in [-0.15, -0.1) is 0 Å². The van der Waals surface area contributed by atoms with E-state index in [0.29, 0.717) is 37.2 Å². The summed E-state index contributed by atoms with van der Waals surface area (Å²) in [5.74, 6) is 1.71. The highest BCUT2D eigenvalue weighted by molar-refractivity contribution is 5.44. The minimum Gasteiger partial charge on any atom is -0.384 e. The van der Waals surface area contributed by atoms with Gasteiger partial charge in [-0.2, -0.15) is 0 Å². The van der Waals surface area contributed by atoms with Gasteiger partial charge in [-0.25, -0.2) is 9.97 Å². The normalized spacial score (nSPS) is 10.4. The fourth-order valence-electron chi connectivity index (χ4n) is 1.56. The van der Waals surface area contributed by atoms with Gasteiger partial charge in [-0.3, -0.25) is 4.98 Å². The van der Waals surface area contributed by atoms with Crippen LogP contribution in [0.3, 0.4) is 0 Å². The van der Waals surface area contributed by atoms with Gasteiger partial charge in [0, 0.05) is 31.6 Å². The van der Waals surface area contributed by atoms with Crippen molar-refractivity contribution in [2.24, 2.45) is 0 Å². The standard InChI is InChI=1S/C13H17N5O/c1-2-19-9-13-17-11(14)7-12(18-13)16-8-10-3-5-15-6-4-10/h3-7H,2,8-9H2,1H3,(H3,14,16,17,18). The predicted octanol–water partition coefficient (Wildman–Crippen LogP) is 1.60. The Kier molecular flexibility index (Phi) is 4.63. The summed E-state index contributed by atoms with van der Waals surface area (Å²) in [5.41, 5.74) is 6.87. The van der Waals surface area contributed by atoms with E-state index in [4.69, 9.17) is 10.5 Å². The lowest BCUT2D eigenvalue weighted by Gasteiger charge is -2.08. The van der Waals surface area contributed by atoms with Crippen molar-refractivity contribution in [1.82, 2.24) is 15.0 Å². The molecule has 3 N–H and O–H groups in total. The van der Waals surface area contributed by atoms with E-state index >= 15 is 0 Å². The summed E-state index contributed by atoms with van der Waals surface area (Å²) < 4.78 is 5.28. The third-order valence-corrected chi connectivity index (χ3v) is 2.45. The van der Waals surface area contributed by atoms with Crippen molar-refractivity contribution >= 4 is 11.6 Å². The summed E-state index contributed by atoms with van der Waals surface area (Å²) in [7, 11) is 0. The Balaban J connectivity index is 2.01. The molecule has 0 aliphatic heterocycles. The maximum Gasteiger partial charge on any atom is 0.158 e. The van der Waals surface area contributed by atoms with Crippen LogP contribution in [0.2, 0.25) is 0 Å². The average molecular weight is 259 g/mol. The zero-order valence-corrected chi connectivity index (χ0v) is 10.8. The number of aromatic nitrogens is 3. The Morgan fingerprint density at radius 2 is 2.05 bits per heavy atom. The van der Waals surface area contributed by atoms with E-state index in [2.05, 4.69) is 20.3 Å². The van der Waals surface area contributed by atoms with E-state index < -0.39 is 0 Å². The lowest BCUT2D eigenvalue weighted by molar-refractivity contribution is 0.128. The van der Waals surface area contributed by atoms with Crippen LogP contribution in [0.4, 0.5) is 11.6 Å². The van der Waals surface area contributed by atoms with Crippen molar-refractivity contribution in [1.29, 1.82) is 0 Å². The smallest absolute Gasteiger partial charge is 0.158 e. The number of nitrogens with zero attached hydrogens (tertiary/aromatic N) is 3. The first kappa shape index (κ1) is 13.2. The molecule has 0 spiro atoms. The second-order valence-electron chi connectivity index (χ2n) is 3.94. The molecule has 6 nitrogen and oxygen atoms in total. The summed E-state index contributed by atoms with van der Waals surface area (Å²) in [6.07, 6.45) is 3.51. The molecule has 0 fully saturated rings. The van der Waals surface area contributed by atoms with Crippen LogP contribution >= 0.6 is 0 Å². The van der Waals surface area contributed by atoms with Crippen LogP contribution in [0.1, 0.15) is 18.3 Å². The molecule has 2 aromatic rings. The van der Waals surface area contributed by atoms with Gasteiger partial charge in [0.05, 0.1) is 0 Å². The molecule has 2 aromatic heterocycles. The minimum atomic E-state index is 0.367. The van der Waals surface area contributed by atoms with Gasteiger partial charge in [0.1, 0.15) is 18.2 Å². The van der Waals surface area contributed by atoms with Crippen LogP contribution < -0.4 is 11.1 Å². The quantitative estimate of drug-likeness (QED) is 0.819. The SMILES string of the molecule is CCOCc1nc(N)cc(NCc2ccncc2)n1. The fraction of sp³-hybridized carbons (Fsp3) is 0.308. The summed E-state index contributed by atoms with van der Waals surface area (Å²) >= 11 is 0. The summed E-state index contributed by atoms with van der Waals surface area (Å²) in [4.78, 5) is 12.4. The molecule has 0 unspecified atom stereocenters. The number of rotatable bonds is 6. The van der Waals surface area contributed by atoms with Gasteiger partial charge >= 0.3 is 0 Å². The van der Waals surface area contributed by atoms with Crippen molar-refractivity contribution in [3.8, 4) is 0 Å². The number of nitrogens with two attached hydrogens (primary N) is 1. The second kappa shape index (κ2) is 6.65. The number of ether oxygens (including phenoxy) is 1. The van der Waals surface area contributed by atoms with Crippen molar-refractivity contribution in [2.45, 2.75) is 20.1 Å². The fourth-order valence-corrected chi connectivity index (χ4v) is 1.56. The zero-order valence-electron chi connectivity index (χ0n) is 10.8. The number of anilines is 2. The molecule has 100 valence electrons. The van der Waals surface area contributed by atoms with Gasteiger partial charge in [-0.05, 0) is 24.6 Å². The highest BCUT2D eigenvalue weighted by atomic mass is 16.5. The van der Waals surface area contributed by atoms with Crippen LogP contribution in [0.5, 0.6) is 0 Å². The number of nitrogen functional groups attached to an aromatic ring is 1. The van der Waals surface area contributed by atoms with E-state index in [0.717, 1.165) is 5.56 Å². The summed E-state index contributed by atoms with van der Waals surface area (Å²) in [6, 6.07) is 5.59. The highest BCUT2D eigenvalue weighted by Gasteiger charge is 2.03. The van der Waals surface area contributed by atoms with E-state index in [1.165, 1.54) is 0 Å². The molecule has 2 rings (SSSR count). The third-order valence-electron chi connectivity index (χ3n) is 2.45. The van der Waals surface area contributed by atoms with Gasteiger partial charge in [0.2, 0.25) is 0 Å². The van der Waals surface area contributed by atoms with E-state index in [1.807, 2.05) is 19.1 Å². The first-order chi connectivity index (χ1) is 9.28. The first-order valence-electron chi connectivity index (χ1n) is 6.12. The molecule has 0 atom stereocenters. The van der Waals surface area contributed by atoms with E-state index in [1.54, 1.807) is 18.5 Å². The molecule has 0 saturated carbocycles. The maximum absolute atomic E-state index is 5.74. The predicted molar refractivity (Wildman–Crippen MR) is 73.3 cm³/mol. The molecule has 0 aromatic carbocycles. The minimum absolute atomic E-state index is 0.367. The molecule has 0 amide bonds. The van der Waals surface area contributed by atoms with Crippen molar-refractivity contribution in [3.63, 3.8) is 0 Å². The molecule has 6 heteroatoms. The molecule has 0 aliphatic rings. The number of hydrogen-bond acceptors (Lipinski definition) is 6. The monoisotopic (exact) mass is 259 g/mol. The van der Waals surface area contributed by atoms with Crippen molar-refractivity contribution in [2.75, 3.05) is 17.7 Å². The lowest BCUT2D eigenvalue weighted by Crippen LogP contribution is -2.07. The number of pyridine rings is 1. The Labute approximate surface area is 112 Å². The lowest BCUT2D eigenvalue weighted by atomic mass is 10.3. The third kappa shape index (κ3) is 4.18. The summed E-state index contributed by atoms with van der Waals surface area (Å²) in [5, 5.41) is 3.20. The van der Waals surface area contributed by atoms with Crippen LogP contribution in [-0.4, -0.2) is 21.6 Å². The van der Waals surface area contributed by atoms with E-state index in [9.17, 15) is 0 Å². The van der Waals surface area contributed by atoms with Gasteiger partial charge < -0.3 is 15.8 Å². The van der Waals surface area contributed by atoms with Crippen LogP contribution in [0.25, 0.3) is 0 Å². The molecule has 0 aliphatic carbocycles. The van der Waals surface area contributed by atoms with Crippen LogP contribution in [0, 0.1) is 0 Å². The molecule has 0 saturated heterocycles. The van der Waals surface area contributed by atoms with E-state index in [-0.39, 0.29) is 0 Å². The Morgan fingerprint density at radius 3 is 2.79 bits per heavy atom. The molecular formula is C13H17N5O. The highest BCUT2D eigenvalue weighted by Crippen LogP contribution is 2.10. The van der Waals surface area contributed by atoms with Crippen LogP contribution in [-0.2, 0) is 17.9 Å². The molecule has 0 radical (unpaired) electrons. The first-order valence-corrected chi connectivity index (χ1v) is 6.12. The maximum atomic E-state index is 5.74. The van der Waals surface area contributed by atoms with Crippen LogP contribution in [0.15, 0.2) is 30.6 Å². The van der Waals surface area contributed by atoms with Gasteiger partial charge in [-0.1, -0.05) is 0 Å².